The molecule has 0 saturated carbocycles. The Bertz CT molecular complexity index is 1480. The van der Waals surface area contributed by atoms with Crippen molar-refractivity contribution in [2.45, 2.75) is 4.90 Å². The van der Waals surface area contributed by atoms with Crippen molar-refractivity contribution in [1.82, 2.24) is 9.97 Å². The van der Waals surface area contributed by atoms with Crippen LogP contribution in [-0.2, 0) is 10.0 Å². The normalized spacial score (nSPS) is 10.6. The molecule has 0 saturated heterocycles. The van der Waals surface area contributed by atoms with Crippen LogP contribution in [0.2, 0.25) is 0 Å². The van der Waals surface area contributed by atoms with E-state index in [9.17, 15) is 12.8 Å². The van der Waals surface area contributed by atoms with Gasteiger partial charge in [0, 0.05) is 23.5 Å². The fourth-order valence-electron chi connectivity index (χ4n) is 3.41. The highest BCUT2D eigenvalue weighted by molar-refractivity contribution is 7.92. The molecule has 0 spiro atoms. The van der Waals surface area contributed by atoms with Crippen molar-refractivity contribution in [2.24, 2.45) is 0 Å². The van der Waals surface area contributed by atoms with Crippen LogP contribution in [0.4, 0.5) is 33.2 Å². The minimum atomic E-state index is -3.79. The third-order valence-corrected chi connectivity index (χ3v) is 6.49. The van der Waals surface area contributed by atoms with Crippen molar-refractivity contribution in [3.8, 4) is 17.2 Å². The Morgan fingerprint density at radius 3 is 2.08 bits per heavy atom. The van der Waals surface area contributed by atoms with E-state index in [2.05, 4.69) is 25.3 Å². The van der Waals surface area contributed by atoms with Crippen molar-refractivity contribution in [2.75, 3.05) is 36.7 Å². The highest BCUT2D eigenvalue weighted by Gasteiger charge is 2.16. The first-order valence-corrected chi connectivity index (χ1v) is 12.4. The Hall–Kier alpha value is -4.29. The molecule has 0 radical (unpaired) electrons. The van der Waals surface area contributed by atoms with Gasteiger partial charge in [0.1, 0.15) is 0 Å². The van der Waals surface area contributed by atoms with Gasteiger partial charge in [0.2, 0.25) is 11.7 Å². The number of methoxy groups -OCH3 is 3. The summed E-state index contributed by atoms with van der Waals surface area (Å²) in [7, 11) is 0.693. The second-order valence-electron chi connectivity index (χ2n) is 7.55. The monoisotopic (exact) mass is 561 g/mol. The number of nitrogens with one attached hydrogen (secondary N) is 3. The van der Waals surface area contributed by atoms with Crippen LogP contribution in [0.5, 0.6) is 17.2 Å². The van der Waals surface area contributed by atoms with Crippen LogP contribution in [0.15, 0.2) is 77.8 Å². The molecule has 0 atom stereocenters. The van der Waals surface area contributed by atoms with Gasteiger partial charge < -0.3 is 24.8 Å². The summed E-state index contributed by atoms with van der Waals surface area (Å²) in [5.41, 5.74) is 1.22. The van der Waals surface area contributed by atoms with E-state index in [1.165, 1.54) is 39.5 Å². The molecule has 3 N–H and O–H groups in total. The molecule has 13 heteroatoms. The highest BCUT2D eigenvalue weighted by Crippen LogP contribution is 2.40. The Labute approximate surface area is 225 Å². The van der Waals surface area contributed by atoms with Gasteiger partial charge in [0.15, 0.2) is 23.1 Å². The van der Waals surface area contributed by atoms with Gasteiger partial charge in [-0.1, -0.05) is 24.3 Å². The summed E-state index contributed by atoms with van der Waals surface area (Å²) >= 11 is 0. The van der Waals surface area contributed by atoms with Crippen LogP contribution < -0.4 is 29.6 Å². The summed E-state index contributed by atoms with van der Waals surface area (Å²) in [5.74, 6) is 0.526. The minimum Gasteiger partial charge on any atom is -0.493 e. The fraction of sp³-hybridized carbons (Fsp3) is 0.120. The zero-order valence-corrected chi connectivity index (χ0v) is 22.2. The van der Waals surface area contributed by atoms with E-state index in [1.54, 1.807) is 48.5 Å². The van der Waals surface area contributed by atoms with E-state index in [0.717, 1.165) is 6.20 Å². The topological polar surface area (TPSA) is 124 Å². The summed E-state index contributed by atoms with van der Waals surface area (Å²) in [5, 5.41) is 5.84. The van der Waals surface area contributed by atoms with Crippen molar-refractivity contribution in [3.05, 3.63) is 78.7 Å². The number of anilines is 5. The van der Waals surface area contributed by atoms with E-state index in [-0.39, 0.29) is 29.1 Å². The van der Waals surface area contributed by atoms with Crippen LogP contribution in [0.3, 0.4) is 0 Å². The van der Waals surface area contributed by atoms with Gasteiger partial charge in [-0.05, 0) is 30.3 Å². The van der Waals surface area contributed by atoms with Gasteiger partial charge in [-0.3, -0.25) is 4.72 Å². The number of ether oxygens (including phenoxy) is 3. The molecule has 4 aromatic rings. The van der Waals surface area contributed by atoms with E-state index >= 15 is 0 Å². The van der Waals surface area contributed by atoms with E-state index in [1.807, 2.05) is 0 Å². The van der Waals surface area contributed by atoms with Crippen LogP contribution in [-0.4, -0.2) is 39.7 Å². The van der Waals surface area contributed by atoms with Gasteiger partial charge in [0.05, 0.1) is 38.1 Å². The van der Waals surface area contributed by atoms with Crippen LogP contribution in [0.25, 0.3) is 0 Å². The standard InChI is InChI=1S/C25H24FN5O5S.ClH/c1-34-21-13-18(14-22(35-2)23(21)36-3)29-25-27-15-20(26)24(30-25)28-16-8-7-9-17(12-16)31-37(32,33)19-10-5-4-6-11-19;/h4-15,31H,1-3H3,(H2,27,28,29,30);1H. The van der Waals surface area contributed by atoms with E-state index in [0.29, 0.717) is 34.3 Å². The third kappa shape index (κ3) is 6.52. The average Bonchev–Trinajstić information content (AvgIpc) is 2.90. The Balaban J connectivity index is 0.00000400. The number of hydrogen-bond donors (Lipinski definition) is 3. The van der Waals surface area contributed by atoms with Crippen molar-refractivity contribution in [1.29, 1.82) is 0 Å². The van der Waals surface area contributed by atoms with Crippen LogP contribution in [0.1, 0.15) is 0 Å². The average molecular weight is 562 g/mol. The van der Waals surface area contributed by atoms with Crippen molar-refractivity contribution < 1.29 is 27.0 Å². The smallest absolute Gasteiger partial charge is 0.261 e. The lowest BCUT2D eigenvalue weighted by atomic mass is 10.2. The molecule has 0 amide bonds. The van der Waals surface area contributed by atoms with Crippen LogP contribution >= 0.6 is 12.4 Å². The van der Waals surface area contributed by atoms with E-state index < -0.39 is 15.8 Å². The molecule has 0 fully saturated rings. The molecule has 0 bridgehead atoms. The zero-order valence-electron chi connectivity index (χ0n) is 20.6. The number of nitrogens with zero attached hydrogens (tertiary/aromatic N) is 2. The Morgan fingerprint density at radius 2 is 1.45 bits per heavy atom. The van der Waals surface area contributed by atoms with Gasteiger partial charge in [-0.15, -0.1) is 12.4 Å². The summed E-state index contributed by atoms with van der Waals surface area (Å²) in [4.78, 5) is 8.32. The molecule has 38 heavy (non-hydrogen) atoms. The maximum atomic E-state index is 14.5. The molecule has 0 unspecified atom stereocenters. The number of benzene rings is 3. The SMILES string of the molecule is COc1cc(Nc2ncc(F)c(Nc3cccc(NS(=O)(=O)c4ccccc4)c3)n2)cc(OC)c1OC.Cl. The molecule has 4 rings (SSSR count). The molecule has 1 aromatic heterocycles. The fourth-order valence-corrected chi connectivity index (χ4v) is 4.48. The molecule has 200 valence electrons. The Morgan fingerprint density at radius 1 is 0.789 bits per heavy atom. The lowest BCUT2D eigenvalue weighted by Gasteiger charge is -2.15. The Kier molecular flexibility index (Phi) is 9.16. The second kappa shape index (κ2) is 12.3. The number of halogens is 2. The summed E-state index contributed by atoms with van der Waals surface area (Å²) in [6.07, 6.45) is 1.01. The molecule has 0 aliphatic heterocycles. The summed E-state index contributed by atoms with van der Waals surface area (Å²) < 4.78 is 58.3. The first-order valence-electron chi connectivity index (χ1n) is 10.9. The molecule has 0 aliphatic rings. The van der Waals surface area contributed by atoms with Gasteiger partial charge in [-0.25, -0.2) is 17.8 Å². The number of aromatic nitrogens is 2. The quantitative estimate of drug-likeness (QED) is 0.235. The maximum absolute atomic E-state index is 14.5. The lowest BCUT2D eigenvalue weighted by Crippen LogP contribution is -2.12. The maximum Gasteiger partial charge on any atom is 0.261 e. The van der Waals surface area contributed by atoms with Gasteiger partial charge in [0.25, 0.3) is 10.0 Å². The number of sulfonamides is 1. The predicted molar refractivity (Wildman–Crippen MR) is 146 cm³/mol. The zero-order chi connectivity index (χ0) is 26.4. The summed E-state index contributed by atoms with van der Waals surface area (Å²) in [6, 6.07) is 17.7. The number of rotatable bonds is 10. The lowest BCUT2D eigenvalue weighted by molar-refractivity contribution is 0.324. The molecule has 3 aromatic carbocycles. The van der Waals surface area contributed by atoms with Gasteiger partial charge in [-0.2, -0.15) is 4.98 Å². The molecule has 0 aliphatic carbocycles. The molecular weight excluding hydrogens is 537 g/mol. The number of hydrogen-bond acceptors (Lipinski definition) is 9. The molecule has 10 nitrogen and oxygen atoms in total. The predicted octanol–water partition coefficient (Wildman–Crippen LogP) is 5.35. The molecular formula is C25H25ClFN5O5S. The van der Waals surface area contributed by atoms with Crippen molar-refractivity contribution >= 4 is 51.3 Å². The molecule has 1 heterocycles. The van der Waals surface area contributed by atoms with Crippen LogP contribution in [0, 0.1) is 5.82 Å². The minimum absolute atomic E-state index is 0. The summed E-state index contributed by atoms with van der Waals surface area (Å²) in [6.45, 7) is 0. The van der Waals surface area contributed by atoms with E-state index in [4.69, 9.17) is 14.2 Å². The largest absolute Gasteiger partial charge is 0.493 e. The van der Waals surface area contributed by atoms with Crippen molar-refractivity contribution in [3.63, 3.8) is 0 Å². The first-order chi connectivity index (χ1) is 17.8. The third-order valence-electron chi connectivity index (χ3n) is 5.10. The van der Waals surface area contributed by atoms with Gasteiger partial charge >= 0.3 is 0 Å². The first kappa shape index (κ1) is 28.3. The second-order valence-corrected chi connectivity index (χ2v) is 9.24. The highest BCUT2D eigenvalue weighted by atomic mass is 35.5.